The quantitative estimate of drug-likeness (QED) is 0.133. The van der Waals surface area contributed by atoms with Crippen molar-refractivity contribution >= 4 is 5.97 Å². The molecule has 0 N–H and O–H groups in total. The van der Waals surface area contributed by atoms with E-state index >= 15 is 0 Å². The van der Waals surface area contributed by atoms with Crippen LogP contribution in [0.1, 0.15) is 110 Å². The summed E-state index contributed by atoms with van der Waals surface area (Å²) in [6, 6.07) is 0. The van der Waals surface area contributed by atoms with Gasteiger partial charge in [-0.05, 0) is 88.9 Å². The minimum atomic E-state index is -0.115. The second-order valence-corrected chi connectivity index (χ2v) is 11.8. The van der Waals surface area contributed by atoms with Crippen molar-refractivity contribution in [3.8, 4) is 0 Å². The van der Waals surface area contributed by atoms with Crippen LogP contribution >= 0.6 is 0 Å². The van der Waals surface area contributed by atoms with Gasteiger partial charge >= 0.3 is 5.97 Å². The van der Waals surface area contributed by atoms with Gasteiger partial charge in [-0.3, -0.25) is 4.79 Å². The first-order valence-electron chi connectivity index (χ1n) is 15.6. The van der Waals surface area contributed by atoms with E-state index in [2.05, 4.69) is 25.2 Å². The molecule has 38 heavy (non-hydrogen) atoms. The van der Waals surface area contributed by atoms with E-state index in [0.717, 1.165) is 77.4 Å². The van der Waals surface area contributed by atoms with E-state index < -0.39 is 0 Å². The maximum Gasteiger partial charge on any atom is 0.305 e. The normalized spacial score (nSPS) is 33.6. The highest BCUT2D eigenvalue weighted by Crippen LogP contribution is 2.52. The zero-order valence-electron chi connectivity index (χ0n) is 24.0. The molecule has 0 spiro atoms. The molecule has 4 fully saturated rings. The Morgan fingerprint density at radius 3 is 2.53 bits per heavy atom. The number of fused-ring (bicyclic) bond motifs is 1. The fourth-order valence-corrected chi connectivity index (χ4v) is 6.80. The van der Waals surface area contributed by atoms with Crippen molar-refractivity contribution in [3.05, 3.63) is 23.8 Å². The van der Waals surface area contributed by atoms with Gasteiger partial charge in [0, 0.05) is 25.6 Å². The molecule has 0 radical (unpaired) electrons. The van der Waals surface area contributed by atoms with Gasteiger partial charge < -0.3 is 23.7 Å². The Bertz CT molecular complexity index is 751. The monoisotopic (exact) mass is 532 g/mol. The van der Waals surface area contributed by atoms with Crippen molar-refractivity contribution in [2.24, 2.45) is 17.8 Å². The van der Waals surface area contributed by atoms with E-state index in [1.54, 1.807) is 5.57 Å². The minimum Gasteiger partial charge on any atom is -0.469 e. The zero-order valence-corrected chi connectivity index (χ0v) is 24.0. The molecule has 6 heteroatoms. The van der Waals surface area contributed by atoms with Crippen LogP contribution in [0.4, 0.5) is 0 Å². The third-order valence-corrected chi connectivity index (χ3v) is 8.90. The molecule has 0 bridgehead atoms. The lowest BCUT2D eigenvalue weighted by Gasteiger charge is -2.30. The lowest BCUT2D eigenvalue weighted by Crippen LogP contribution is -2.31. The predicted molar refractivity (Wildman–Crippen MR) is 148 cm³/mol. The van der Waals surface area contributed by atoms with Crippen molar-refractivity contribution in [3.63, 3.8) is 0 Å². The van der Waals surface area contributed by atoms with Crippen molar-refractivity contribution < 1.29 is 28.5 Å². The van der Waals surface area contributed by atoms with Crippen molar-refractivity contribution in [2.45, 2.75) is 134 Å². The van der Waals surface area contributed by atoms with E-state index in [1.807, 2.05) is 0 Å². The molecular weight excluding hydrogens is 480 g/mol. The molecule has 2 saturated carbocycles. The number of rotatable bonds is 14. The van der Waals surface area contributed by atoms with E-state index in [-0.39, 0.29) is 30.8 Å². The number of ether oxygens (including phenoxy) is 5. The first-order chi connectivity index (χ1) is 18.7. The van der Waals surface area contributed by atoms with Crippen LogP contribution in [0.5, 0.6) is 0 Å². The molecule has 0 aromatic rings. The molecule has 2 unspecified atom stereocenters. The lowest BCUT2D eigenvalue weighted by atomic mass is 9.90. The molecule has 4 aliphatic rings. The van der Waals surface area contributed by atoms with E-state index in [1.165, 1.54) is 39.2 Å². The Morgan fingerprint density at radius 2 is 1.82 bits per heavy atom. The molecule has 7 atom stereocenters. The second-order valence-electron chi connectivity index (χ2n) is 11.8. The molecule has 2 aliphatic carbocycles. The number of carbonyl (C=O) groups is 1. The van der Waals surface area contributed by atoms with Gasteiger partial charge in [-0.1, -0.05) is 50.0 Å². The topological polar surface area (TPSA) is 63.2 Å². The van der Waals surface area contributed by atoms with Crippen LogP contribution in [0.3, 0.4) is 0 Å². The number of hydrogen-bond acceptors (Lipinski definition) is 6. The molecule has 6 nitrogen and oxygen atoms in total. The van der Waals surface area contributed by atoms with Crippen LogP contribution < -0.4 is 0 Å². The number of hydrogen-bond donors (Lipinski definition) is 0. The van der Waals surface area contributed by atoms with Crippen LogP contribution in [-0.2, 0) is 28.5 Å². The number of esters is 1. The predicted octanol–water partition coefficient (Wildman–Crippen LogP) is 7.26. The van der Waals surface area contributed by atoms with Crippen molar-refractivity contribution in [1.82, 2.24) is 0 Å². The Balaban J connectivity index is 1.40. The summed E-state index contributed by atoms with van der Waals surface area (Å²) in [5.41, 5.74) is 1.56. The first kappa shape index (κ1) is 29.8. The van der Waals surface area contributed by atoms with Gasteiger partial charge in [0.05, 0.1) is 19.3 Å². The van der Waals surface area contributed by atoms with Gasteiger partial charge in [-0.15, -0.1) is 0 Å². The lowest BCUT2D eigenvalue weighted by molar-refractivity contribution is -0.193. The van der Waals surface area contributed by atoms with Crippen molar-refractivity contribution in [2.75, 3.05) is 20.3 Å². The van der Waals surface area contributed by atoms with Crippen LogP contribution in [0.15, 0.2) is 23.8 Å². The highest BCUT2D eigenvalue weighted by Gasteiger charge is 2.47. The molecule has 2 aliphatic heterocycles. The molecule has 0 aromatic heterocycles. The van der Waals surface area contributed by atoms with Crippen molar-refractivity contribution in [1.29, 1.82) is 0 Å². The zero-order chi connectivity index (χ0) is 26.6. The van der Waals surface area contributed by atoms with E-state index in [4.69, 9.17) is 23.7 Å². The summed E-state index contributed by atoms with van der Waals surface area (Å²) in [5.74, 6) is 1.53. The molecular formula is C32H52O6. The minimum absolute atomic E-state index is 0.0518. The largest absolute Gasteiger partial charge is 0.469 e. The van der Waals surface area contributed by atoms with Crippen LogP contribution in [0.2, 0.25) is 0 Å². The molecule has 2 heterocycles. The Labute approximate surface area is 230 Å². The highest BCUT2D eigenvalue weighted by molar-refractivity contribution is 5.69. The molecule has 4 rings (SSSR count). The first-order valence-corrected chi connectivity index (χ1v) is 15.6. The molecule has 2 saturated heterocycles. The SMILES string of the molecule is CCCCC[C@@H](/C=C\[C@H]1[C@H]2C/C(=C/CCCC(=O)OC)C[C@H]2C[C@H]1OC1CCCCO1)OC1CCCCO1. The fraction of sp³-hybridized carbons (Fsp3) is 0.844. The third kappa shape index (κ3) is 9.18. The van der Waals surface area contributed by atoms with Gasteiger partial charge in [0.15, 0.2) is 12.6 Å². The summed E-state index contributed by atoms with van der Waals surface area (Å²) >= 11 is 0. The maximum absolute atomic E-state index is 11.5. The van der Waals surface area contributed by atoms with E-state index in [0.29, 0.717) is 24.2 Å². The highest BCUT2D eigenvalue weighted by atomic mass is 16.7. The molecule has 0 aromatic carbocycles. The van der Waals surface area contributed by atoms with Gasteiger partial charge in [0.2, 0.25) is 0 Å². The average molecular weight is 533 g/mol. The summed E-state index contributed by atoms with van der Waals surface area (Å²) in [5, 5.41) is 0. The van der Waals surface area contributed by atoms with Gasteiger partial charge in [-0.2, -0.15) is 0 Å². The van der Waals surface area contributed by atoms with Gasteiger partial charge in [0.25, 0.3) is 0 Å². The maximum atomic E-state index is 11.5. The average Bonchev–Trinajstić information content (AvgIpc) is 3.47. The number of methoxy groups -OCH3 is 1. The summed E-state index contributed by atoms with van der Waals surface area (Å²) < 4.78 is 29.8. The Kier molecular flexibility index (Phi) is 12.7. The summed E-state index contributed by atoms with van der Waals surface area (Å²) in [6.45, 7) is 3.89. The van der Waals surface area contributed by atoms with Gasteiger partial charge in [0.1, 0.15) is 0 Å². The number of allylic oxidation sites excluding steroid dienone is 2. The smallest absolute Gasteiger partial charge is 0.305 e. The summed E-state index contributed by atoms with van der Waals surface area (Å²) in [4.78, 5) is 11.5. The molecule has 0 amide bonds. The van der Waals surface area contributed by atoms with Crippen LogP contribution in [-0.4, -0.2) is 51.1 Å². The summed E-state index contributed by atoms with van der Waals surface area (Å²) in [7, 11) is 1.46. The van der Waals surface area contributed by atoms with Gasteiger partial charge in [-0.25, -0.2) is 0 Å². The Hall–Kier alpha value is -1.21. The fourth-order valence-electron chi connectivity index (χ4n) is 6.80. The second kappa shape index (κ2) is 16.2. The third-order valence-electron chi connectivity index (χ3n) is 8.90. The van der Waals surface area contributed by atoms with E-state index in [9.17, 15) is 4.79 Å². The number of carbonyl (C=O) groups excluding carboxylic acids is 1. The standard InChI is InChI=1S/C32H52O6/c1-3-4-5-13-26(37-31-15-8-10-19-35-31)17-18-27-28-22-24(12-6-7-14-30(33)34-2)21-25(28)23-29(27)38-32-16-9-11-20-36-32/h12,17-18,25-29,31-32H,3-11,13-16,19-23H2,1-2H3/b18-17-,24-12+/t25-,26-,27-,28-,29+,31?,32?/m0/s1. The Morgan fingerprint density at radius 1 is 1.03 bits per heavy atom. The van der Waals surface area contributed by atoms with Crippen LogP contribution in [0, 0.1) is 17.8 Å². The molecule has 216 valence electrons. The number of unbranched alkanes of at least 4 members (excludes halogenated alkanes) is 3. The van der Waals surface area contributed by atoms with Crippen LogP contribution in [0.25, 0.3) is 0 Å². The summed E-state index contributed by atoms with van der Waals surface area (Å²) in [6.07, 6.45) is 24.4.